The first-order valence-electron chi connectivity index (χ1n) is 12.2. The summed E-state index contributed by atoms with van der Waals surface area (Å²) in [5.74, 6) is -1.77. The standard InChI is InChI=1S/C28H30N2O5/c1-17-14-30(15-24(17)27(32)33)26(31)18-7-6-8-19(13-18)29-28(34)35-16-25-22-11-4-2-9-20(22)21-10-3-5-12-23(21)25/h2-6,8-12,17-19,24-25H,7,13-16H2,1H3,(H,29,34)(H,32,33)/t17-,18?,19?,24-/m1/s1. The van der Waals surface area contributed by atoms with E-state index in [1.807, 2.05) is 43.3 Å². The molecule has 182 valence electrons. The quantitative estimate of drug-likeness (QED) is 0.638. The summed E-state index contributed by atoms with van der Waals surface area (Å²) < 4.78 is 5.65. The first-order valence-corrected chi connectivity index (χ1v) is 12.2. The van der Waals surface area contributed by atoms with Gasteiger partial charge in [-0.05, 0) is 41.0 Å². The van der Waals surface area contributed by atoms with Crippen LogP contribution >= 0.6 is 0 Å². The summed E-state index contributed by atoms with van der Waals surface area (Å²) in [6.07, 6.45) is 4.37. The van der Waals surface area contributed by atoms with Gasteiger partial charge in [-0.3, -0.25) is 9.59 Å². The van der Waals surface area contributed by atoms with Crippen LogP contribution in [0.15, 0.2) is 60.7 Å². The zero-order valence-electron chi connectivity index (χ0n) is 19.7. The molecule has 0 bridgehead atoms. The van der Waals surface area contributed by atoms with E-state index in [4.69, 9.17) is 4.74 Å². The number of carboxylic acids is 1. The highest BCUT2D eigenvalue weighted by Gasteiger charge is 2.39. The van der Waals surface area contributed by atoms with Crippen LogP contribution in [0.4, 0.5) is 4.79 Å². The van der Waals surface area contributed by atoms with Gasteiger partial charge in [0.2, 0.25) is 5.91 Å². The number of ether oxygens (including phenoxy) is 1. The van der Waals surface area contributed by atoms with Crippen LogP contribution in [0.25, 0.3) is 11.1 Å². The van der Waals surface area contributed by atoms with E-state index < -0.39 is 18.0 Å². The Morgan fingerprint density at radius 2 is 1.69 bits per heavy atom. The third-order valence-corrected chi connectivity index (χ3v) is 7.56. The number of amides is 2. The molecule has 2 amide bonds. The van der Waals surface area contributed by atoms with Crippen molar-refractivity contribution in [2.24, 2.45) is 17.8 Å². The number of nitrogens with one attached hydrogen (secondary N) is 1. The Morgan fingerprint density at radius 3 is 2.31 bits per heavy atom. The van der Waals surface area contributed by atoms with Gasteiger partial charge in [-0.25, -0.2) is 4.79 Å². The van der Waals surface area contributed by atoms with E-state index in [-0.39, 0.29) is 42.9 Å². The molecule has 0 saturated carbocycles. The molecule has 0 radical (unpaired) electrons. The number of aliphatic carboxylic acids is 1. The molecule has 1 heterocycles. The van der Waals surface area contributed by atoms with Gasteiger partial charge in [0.05, 0.1) is 12.0 Å². The number of hydrogen-bond donors (Lipinski definition) is 2. The molecule has 4 atom stereocenters. The lowest BCUT2D eigenvalue weighted by molar-refractivity contribution is -0.142. The van der Waals surface area contributed by atoms with Crippen molar-refractivity contribution in [2.45, 2.75) is 31.7 Å². The second-order valence-corrected chi connectivity index (χ2v) is 9.84. The second-order valence-electron chi connectivity index (χ2n) is 9.84. The van der Waals surface area contributed by atoms with Gasteiger partial charge in [-0.1, -0.05) is 67.6 Å². The Kier molecular flexibility index (Phi) is 6.32. The average Bonchev–Trinajstić information content (AvgIpc) is 3.41. The molecule has 3 aliphatic rings. The predicted molar refractivity (Wildman–Crippen MR) is 131 cm³/mol. The number of alkyl carbamates (subject to hydrolysis) is 1. The van der Waals surface area contributed by atoms with Crippen LogP contribution in [-0.2, 0) is 14.3 Å². The third kappa shape index (κ3) is 4.55. The molecule has 2 aromatic carbocycles. The summed E-state index contributed by atoms with van der Waals surface area (Å²) in [5.41, 5.74) is 4.67. The van der Waals surface area contributed by atoms with Crippen LogP contribution < -0.4 is 5.32 Å². The normalized spacial score (nSPS) is 25.1. The molecule has 1 saturated heterocycles. The minimum Gasteiger partial charge on any atom is -0.481 e. The SMILES string of the molecule is C[C@@H]1CN(C(=O)C2CC=CC(NC(=O)OCC3c4ccccc4-c4ccccc43)C2)C[C@H]1C(=O)O. The van der Waals surface area contributed by atoms with Crippen molar-refractivity contribution in [1.29, 1.82) is 0 Å². The predicted octanol–water partition coefficient (Wildman–Crippen LogP) is 4.04. The van der Waals surface area contributed by atoms with E-state index in [2.05, 4.69) is 29.6 Å². The summed E-state index contributed by atoms with van der Waals surface area (Å²) in [6.45, 7) is 2.82. The number of fused-ring (bicyclic) bond motifs is 3. The van der Waals surface area contributed by atoms with Crippen molar-refractivity contribution in [2.75, 3.05) is 19.7 Å². The van der Waals surface area contributed by atoms with Gasteiger partial charge < -0.3 is 20.1 Å². The number of carbonyl (C=O) groups excluding carboxylic acids is 2. The molecule has 0 spiro atoms. The molecular formula is C28H30N2O5. The van der Waals surface area contributed by atoms with Crippen molar-refractivity contribution in [3.63, 3.8) is 0 Å². The largest absolute Gasteiger partial charge is 0.481 e. The van der Waals surface area contributed by atoms with Crippen LogP contribution in [0, 0.1) is 17.8 Å². The molecule has 2 aliphatic carbocycles. The minimum atomic E-state index is -0.855. The van der Waals surface area contributed by atoms with Crippen molar-refractivity contribution in [3.8, 4) is 11.1 Å². The maximum absolute atomic E-state index is 13.0. The number of carbonyl (C=O) groups is 3. The Bertz CT molecular complexity index is 1130. The monoisotopic (exact) mass is 474 g/mol. The lowest BCUT2D eigenvalue weighted by Crippen LogP contribution is -2.42. The van der Waals surface area contributed by atoms with Crippen molar-refractivity contribution in [3.05, 3.63) is 71.8 Å². The lowest BCUT2D eigenvalue weighted by Gasteiger charge is -2.28. The second kappa shape index (κ2) is 9.56. The van der Waals surface area contributed by atoms with Crippen molar-refractivity contribution < 1.29 is 24.2 Å². The molecular weight excluding hydrogens is 444 g/mol. The van der Waals surface area contributed by atoms with Gasteiger partial charge in [-0.2, -0.15) is 0 Å². The molecule has 2 aromatic rings. The van der Waals surface area contributed by atoms with E-state index in [1.54, 1.807) is 4.90 Å². The summed E-state index contributed by atoms with van der Waals surface area (Å²) >= 11 is 0. The highest BCUT2D eigenvalue weighted by molar-refractivity contribution is 5.82. The molecule has 7 nitrogen and oxygen atoms in total. The van der Waals surface area contributed by atoms with Gasteiger partial charge in [0, 0.05) is 24.9 Å². The fraction of sp³-hybridized carbons (Fsp3) is 0.393. The molecule has 2 N–H and O–H groups in total. The smallest absolute Gasteiger partial charge is 0.407 e. The van der Waals surface area contributed by atoms with Crippen LogP contribution in [-0.4, -0.2) is 53.7 Å². The number of nitrogens with zero attached hydrogens (tertiary/aromatic N) is 1. The lowest BCUT2D eigenvalue weighted by atomic mass is 9.90. The molecule has 35 heavy (non-hydrogen) atoms. The van der Waals surface area contributed by atoms with Crippen LogP contribution in [0.5, 0.6) is 0 Å². The minimum absolute atomic E-state index is 0.0105. The van der Waals surface area contributed by atoms with Gasteiger partial charge in [0.15, 0.2) is 0 Å². The van der Waals surface area contributed by atoms with Gasteiger partial charge in [0.25, 0.3) is 0 Å². The van der Waals surface area contributed by atoms with Gasteiger partial charge >= 0.3 is 12.1 Å². The topological polar surface area (TPSA) is 95.9 Å². The van der Waals surface area contributed by atoms with Crippen molar-refractivity contribution >= 4 is 18.0 Å². The number of carboxylic acid groups (broad SMARTS) is 1. The fourth-order valence-corrected chi connectivity index (χ4v) is 5.71. The molecule has 1 fully saturated rings. The third-order valence-electron chi connectivity index (χ3n) is 7.56. The molecule has 0 aromatic heterocycles. The maximum atomic E-state index is 13.0. The average molecular weight is 475 g/mol. The maximum Gasteiger partial charge on any atom is 0.407 e. The summed E-state index contributed by atoms with van der Waals surface area (Å²) in [5, 5.41) is 12.3. The Labute approximate surface area is 204 Å². The van der Waals surface area contributed by atoms with E-state index in [1.165, 1.54) is 11.1 Å². The van der Waals surface area contributed by atoms with E-state index in [0.717, 1.165) is 11.1 Å². The van der Waals surface area contributed by atoms with Gasteiger partial charge in [0.1, 0.15) is 6.61 Å². The van der Waals surface area contributed by atoms with E-state index in [0.29, 0.717) is 19.4 Å². The van der Waals surface area contributed by atoms with Crippen LogP contribution in [0.1, 0.15) is 36.8 Å². The van der Waals surface area contributed by atoms with Crippen LogP contribution in [0.2, 0.25) is 0 Å². The molecule has 1 aliphatic heterocycles. The Balaban J connectivity index is 1.17. The highest BCUT2D eigenvalue weighted by atomic mass is 16.5. The van der Waals surface area contributed by atoms with Gasteiger partial charge in [-0.15, -0.1) is 0 Å². The summed E-state index contributed by atoms with van der Waals surface area (Å²) in [4.78, 5) is 38.8. The zero-order chi connectivity index (χ0) is 24.5. The summed E-state index contributed by atoms with van der Waals surface area (Å²) in [6, 6.07) is 16.1. The first kappa shape index (κ1) is 23.1. The number of likely N-dealkylation sites (tertiary alicyclic amines) is 1. The molecule has 7 heteroatoms. The van der Waals surface area contributed by atoms with Crippen LogP contribution in [0.3, 0.4) is 0 Å². The molecule has 2 unspecified atom stereocenters. The fourth-order valence-electron chi connectivity index (χ4n) is 5.71. The molecule has 5 rings (SSSR count). The van der Waals surface area contributed by atoms with Crippen molar-refractivity contribution in [1.82, 2.24) is 10.2 Å². The van der Waals surface area contributed by atoms with E-state index >= 15 is 0 Å². The number of benzene rings is 2. The Morgan fingerprint density at radius 1 is 1.03 bits per heavy atom. The Hall–Kier alpha value is -3.61. The number of rotatable bonds is 5. The highest BCUT2D eigenvalue weighted by Crippen LogP contribution is 2.44. The van der Waals surface area contributed by atoms with E-state index in [9.17, 15) is 19.5 Å². The number of allylic oxidation sites excluding steroid dienone is 1. The summed E-state index contributed by atoms with van der Waals surface area (Å²) in [7, 11) is 0. The number of hydrogen-bond acceptors (Lipinski definition) is 4. The zero-order valence-corrected chi connectivity index (χ0v) is 19.7. The first-order chi connectivity index (χ1) is 16.9.